The van der Waals surface area contributed by atoms with Gasteiger partial charge in [-0.3, -0.25) is 9.78 Å². The van der Waals surface area contributed by atoms with Gasteiger partial charge in [0.25, 0.3) is 5.91 Å². The van der Waals surface area contributed by atoms with Crippen LogP contribution in [-0.4, -0.2) is 10.9 Å². The molecule has 0 saturated carbocycles. The van der Waals surface area contributed by atoms with Gasteiger partial charge in [-0.2, -0.15) is 0 Å². The Balaban J connectivity index is 2.25. The second-order valence-corrected chi connectivity index (χ2v) is 4.70. The molecule has 0 fully saturated rings. The Bertz CT molecular complexity index is 599. The van der Waals surface area contributed by atoms with E-state index in [1.54, 1.807) is 12.1 Å². The molecule has 1 aromatic heterocycles. The fourth-order valence-electron chi connectivity index (χ4n) is 1.52. The van der Waals surface area contributed by atoms with E-state index in [4.69, 9.17) is 5.73 Å². The molecule has 3 N–H and O–H groups in total. The number of aromatic nitrogens is 1. The third-order valence-electron chi connectivity index (χ3n) is 2.44. The fourth-order valence-corrected chi connectivity index (χ4v) is 1.91. The zero-order valence-electron chi connectivity index (χ0n) is 9.77. The Labute approximate surface area is 113 Å². The summed E-state index contributed by atoms with van der Waals surface area (Å²) in [6.45, 7) is 1.83. The lowest BCUT2D eigenvalue weighted by atomic mass is 10.2. The summed E-state index contributed by atoms with van der Waals surface area (Å²) < 4.78 is 0.817. The van der Waals surface area contributed by atoms with Gasteiger partial charge in [-0.1, -0.05) is 12.1 Å². The van der Waals surface area contributed by atoms with E-state index >= 15 is 0 Å². The molecule has 2 aromatic rings. The quantitative estimate of drug-likeness (QED) is 0.896. The first kappa shape index (κ1) is 12.6. The van der Waals surface area contributed by atoms with Crippen molar-refractivity contribution in [2.45, 2.75) is 6.92 Å². The van der Waals surface area contributed by atoms with Crippen molar-refractivity contribution < 1.29 is 4.79 Å². The summed E-state index contributed by atoms with van der Waals surface area (Å²) in [5, 5.41) is 2.78. The first-order valence-corrected chi connectivity index (χ1v) is 6.15. The van der Waals surface area contributed by atoms with Crippen LogP contribution >= 0.6 is 15.9 Å². The van der Waals surface area contributed by atoms with Crippen molar-refractivity contribution in [3.05, 3.63) is 52.3 Å². The zero-order valence-corrected chi connectivity index (χ0v) is 11.4. The predicted molar refractivity (Wildman–Crippen MR) is 75.5 cm³/mol. The van der Waals surface area contributed by atoms with Crippen molar-refractivity contribution in [2.24, 2.45) is 0 Å². The number of rotatable bonds is 2. The van der Waals surface area contributed by atoms with E-state index in [1.165, 1.54) is 6.20 Å². The fraction of sp³-hybridized carbons (Fsp3) is 0.0769. The Kier molecular flexibility index (Phi) is 3.62. The average molecular weight is 306 g/mol. The van der Waals surface area contributed by atoms with Crippen LogP contribution in [-0.2, 0) is 0 Å². The Morgan fingerprint density at radius 2 is 2.11 bits per heavy atom. The average Bonchev–Trinajstić information content (AvgIpc) is 2.32. The van der Waals surface area contributed by atoms with Crippen LogP contribution in [0, 0.1) is 6.92 Å². The van der Waals surface area contributed by atoms with Gasteiger partial charge < -0.3 is 11.1 Å². The number of aryl methyl sites for hydroxylation is 1. The number of para-hydroxylation sites is 1. The van der Waals surface area contributed by atoms with E-state index < -0.39 is 0 Å². The van der Waals surface area contributed by atoms with Gasteiger partial charge >= 0.3 is 0 Å². The van der Waals surface area contributed by atoms with E-state index in [9.17, 15) is 4.79 Å². The summed E-state index contributed by atoms with van der Waals surface area (Å²) in [6.07, 6.45) is 1.48. The summed E-state index contributed by atoms with van der Waals surface area (Å²) in [5.74, 6) is -0.271. The lowest BCUT2D eigenvalue weighted by Gasteiger charge is -2.09. The summed E-state index contributed by atoms with van der Waals surface area (Å²) in [7, 11) is 0. The zero-order chi connectivity index (χ0) is 13.1. The number of carbonyl (C=O) groups is 1. The topological polar surface area (TPSA) is 68.0 Å². The number of nitrogen functional groups attached to an aromatic ring is 1. The van der Waals surface area contributed by atoms with E-state index in [2.05, 4.69) is 26.2 Å². The van der Waals surface area contributed by atoms with Crippen LogP contribution < -0.4 is 11.1 Å². The highest BCUT2D eigenvalue weighted by atomic mass is 79.9. The van der Waals surface area contributed by atoms with E-state index in [1.807, 2.05) is 25.1 Å². The third kappa shape index (κ3) is 2.68. The van der Waals surface area contributed by atoms with Crippen LogP contribution in [0.3, 0.4) is 0 Å². The van der Waals surface area contributed by atoms with Gasteiger partial charge in [0.05, 0.1) is 11.3 Å². The van der Waals surface area contributed by atoms with Crippen molar-refractivity contribution in [1.29, 1.82) is 0 Å². The molecule has 5 heteroatoms. The molecule has 0 unspecified atom stereocenters. The van der Waals surface area contributed by atoms with Gasteiger partial charge in [0.1, 0.15) is 0 Å². The molecule has 2 rings (SSSR count). The molecular weight excluding hydrogens is 294 g/mol. The van der Waals surface area contributed by atoms with Crippen LogP contribution in [0.4, 0.5) is 11.4 Å². The molecule has 0 aliphatic heterocycles. The van der Waals surface area contributed by atoms with Crippen molar-refractivity contribution in [3.8, 4) is 0 Å². The molecule has 1 amide bonds. The van der Waals surface area contributed by atoms with Gasteiger partial charge in [-0.05, 0) is 41.1 Å². The molecule has 1 heterocycles. The Morgan fingerprint density at radius 3 is 2.78 bits per heavy atom. The Hall–Kier alpha value is -1.88. The molecule has 0 spiro atoms. The van der Waals surface area contributed by atoms with Crippen LogP contribution in [0.1, 0.15) is 16.1 Å². The molecule has 1 aromatic carbocycles. The minimum absolute atomic E-state index is 0.271. The summed E-state index contributed by atoms with van der Waals surface area (Å²) >= 11 is 3.37. The van der Waals surface area contributed by atoms with Gasteiger partial charge in [0, 0.05) is 22.1 Å². The number of hydrogen-bond acceptors (Lipinski definition) is 3. The molecule has 0 saturated heterocycles. The van der Waals surface area contributed by atoms with Crippen LogP contribution in [0.25, 0.3) is 0 Å². The standard InChI is InChI=1S/C13H12BrN3O/c1-8-6-11(15)9(7-16-8)13(18)17-12-5-3-2-4-10(12)14/h2-7H,1H3,(H2,15,16)(H,17,18). The highest BCUT2D eigenvalue weighted by Crippen LogP contribution is 2.22. The Morgan fingerprint density at radius 1 is 1.39 bits per heavy atom. The number of pyridine rings is 1. The number of nitrogens with one attached hydrogen (secondary N) is 1. The van der Waals surface area contributed by atoms with Crippen LogP contribution in [0.5, 0.6) is 0 Å². The van der Waals surface area contributed by atoms with E-state index in [-0.39, 0.29) is 5.91 Å². The minimum atomic E-state index is -0.271. The number of amides is 1. The number of nitrogens with zero attached hydrogens (tertiary/aromatic N) is 1. The normalized spacial score (nSPS) is 10.1. The van der Waals surface area contributed by atoms with Crippen molar-refractivity contribution >= 4 is 33.2 Å². The summed E-state index contributed by atoms with van der Waals surface area (Å²) in [6, 6.07) is 9.06. The second-order valence-electron chi connectivity index (χ2n) is 3.85. The smallest absolute Gasteiger partial charge is 0.259 e. The molecular formula is C13H12BrN3O. The minimum Gasteiger partial charge on any atom is -0.398 e. The molecule has 18 heavy (non-hydrogen) atoms. The van der Waals surface area contributed by atoms with Crippen LogP contribution in [0.2, 0.25) is 0 Å². The van der Waals surface area contributed by atoms with E-state index in [0.29, 0.717) is 16.9 Å². The first-order chi connectivity index (χ1) is 8.58. The maximum absolute atomic E-state index is 12.0. The maximum atomic E-state index is 12.0. The third-order valence-corrected chi connectivity index (χ3v) is 3.13. The molecule has 92 valence electrons. The monoisotopic (exact) mass is 305 g/mol. The number of hydrogen-bond donors (Lipinski definition) is 2. The predicted octanol–water partition coefficient (Wildman–Crippen LogP) is 2.99. The number of nitrogens with two attached hydrogens (primary N) is 1. The lowest BCUT2D eigenvalue weighted by molar-refractivity contribution is 0.102. The number of benzene rings is 1. The van der Waals surface area contributed by atoms with Gasteiger partial charge in [-0.25, -0.2) is 0 Å². The van der Waals surface area contributed by atoms with Crippen LogP contribution in [0.15, 0.2) is 41.0 Å². The largest absolute Gasteiger partial charge is 0.398 e. The van der Waals surface area contributed by atoms with E-state index in [0.717, 1.165) is 10.2 Å². The van der Waals surface area contributed by atoms with Gasteiger partial charge in [0.15, 0.2) is 0 Å². The van der Waals surface area contributed by atoms with Gasteiger partial charge in [-0.15, -0.1) is 0 Å². The van der Waals surface area contributed by atoms with Crippen molar-refractivity contribution in [2.75, 3.05) is 11.1 Å². The second kappa shape index (κ2) is 5.18. The first-order valence-electron chi connectivity index (χ1n) is 5.36. The molecule has 4 nitrogen and oxygen atoms in total. The maximum Gasteiger partial charge on any atom is 0.259 e. The molecule has 0 radical (unpaired) electrons. The van der Waals surface area contributed by atoms with Gasteiger partial charge in [0.2, 0.25) is 0 Å². The molecule has 0 atom stereocenters. The number of anilines is 2. The number of halogens is 1. The highest BCUT2D eigenvalue weighted by molar-refractivity contribution is 9.10. The lowest BCUT2D eigenvalue weighted by Crippen LogP contribution is -2.15. The van der Waals surface area contributed by atoms with Crippen molar-refractivity contribution in [3.63, 3.8) is 0 Å². The molecule has 0 aliphatic carbocycles. The molecule has 0 aliphatic rings. The summed E-state index contributed by atoms with van der Waals surface area (Å²) in [4.78, 5) is 16.1. The highest BCUT2D eigenvalue weighted by Gasteiger charge is 2.11. The molecule has 0 bridgehead atoms. The summed E-state index contributed by atoms with van der Waals surface area (Å²) in [5.41, 5.74) is 8.08. The SMILES string of the molecule is Cc1cc(N)c(C(=O)Nc2ccccc2Br)cn1. The number of carbonyl (C=O) groups excluding carboxylic acids is 1. The van der Waals surface area contributed by atoms with Crippen molar-refractivity contribution in [1.82, 2.24) is 4.98 Å².